The fraction of sp³-hybridized carbons (Fsp3) is 0.318. The van der Waals surface area contributed by atoms with Crippen molar-refractivity contribution in [3.8, 4) is 0 Å². The molecule has 3 aliphatic rings. The maximum Gasteiger partial charge on any atom is 0.260 e. The van der Waals surface area contributed by atoms with Gasteiger partial charge in [0.1, 0.15) is 12.4 Å². The third-order valence-corrected chi connectivity index (χ3v) is 5.58. The molecule has 0 aliphatic carbocycles. The highest BCUT2D eigenvalue weighted by Gasteiger charge is 2.32. The van der Waals surface area contributed by atoms with Gasteiger partial charge in [-0.3, -0.25) is 4.79 Å². The number of likely N-dealkylation sites (tertiary alicyclic amines) is 1. The Hall–Kier alpha value is -2.79. The number of fused-ring (bicyclic) bond motifs is 2. The van der Waals surface area contributed by atoms with E-state index in [1.165, 1.54) is 25.9 Å². The summed E-state index contributed by atoms with van der Waals surface area (Å²) in [6.45, 7) is 4.98. The summed E-state index contributed by atoms with van der Waals surface area (Å²) < 4.78 is 5.96. The number of benzene rings is 2. The number of carbonyl (C=O) groups is 1. The molecule has 2 N–H and O–H groups in total. The zero-order valence-electron chi connectivity index (χ0n) is 15.3. The van der Waals surface area contributed by atoms with Crippen LogP contribution in [-0.2, 0) is 16.1 Å². The van der Waals surface area contributed by atoms with Crippen molar-refractivity contribution in [2.45, 2.75) is 19.4 Å². The lowest BCUT2D eigenvalue weighted by Crippen LogP contribution is -2.25. The molecule has 1 fully saturated rings. The quantitative estimate of drug-likeness (QED) is 0.818. The van der Waals surface area contributed by atoms with Gasteiger partial charge in [-0.05, 0) is 50.2 Å². The molecule has 2 aromatic carbocycles. The second-order valence-corrected chi connectivity index (χ2v) is 7.34. The summed E-state index contributed by atoms with van der Waals surface area (Å²) in [5, 5.41) is 6.44. The molecule has 0 bridgehead atoms. The van der Waals surface area contributed by atoms with Gasteiger partial charge in [0.15, 0.2) is 0 Å². The van der Waals surface area contributed by atoms with Crippen LogP contribution in [0, 0.1) is 0 Å². The predicted molar refractivity (Wildman–Crippen MR) is 107 cm³/mol. The first-order valence-electron chi connectivity index (χ1n) is 9.67. The molecule has 5 rings (SSSR count). The van der Waals surface area contributed by atoms with Crippen LogP contribution in [0.1, 0.15) is 29.5 Å². The molecule has 0 radical (unpaired) electrons. The molecule has 5 nitrogen and oxygen atoms in total. The number of anilines is 2. The molecule has 27 heavy (non-hydrogen) atoms. The number of nitrogens with zero attached hydrogens (tertiary/aromatic N) is 1. The lowest BCUT2D eigenvalue weighted by atomic mass is 10.0. The first-order valence-corrected chi connectivity index (χ1v) is 9.67. The maximum absolute atomic E-state index is 12.5. The highest BCUT2D eigenvalue weighted by Crippen LogP contribution is 2.41. The van der Waals surface area contributed by atoms with E-state index in [0.717, 1.165) is 41.2 Å². The van der Waals surface area contributed by atoms with Gasteiger partial charge in [0, 0.05) is 41.2 Å². The van der Waals surface area contributed by atoms with Crippen LogP contribution in [0.25, 0.3) is 11.3 Å². The molecular formula is C22H23N3O2. The van der Waals surface area contributed by atoms with Crippen molar-refractivity contribution < 1.29 is 9.53 Å². The molecule has 1 saturated heterocycles. The fourth-order valence-corrected chi connectivity index (χ4v) is 4.19. The van der Waals surface area contributed by atoms with E-state index < -0.39 is 0 Å². The summed E-state index contributed by atoms with van der Waals surface area (Å²) in [4.78, 5) is 15.0. The van der Waals surface area contributed by atoms with E-state index in [4.69, 9.17) is 4.74 Å². The molecular weight excluding hydrogens is 338 g/mol. The summed E-state index contributed by atoms with van der Waals surface area (Å²) in [7, 11) is 0. The average Bonchev–Trinajstić information content (AvgIpc) is 3.39. The van der Waals surface area contributed by atoms with Crippen molar-refractivity contribution in [2.75, 3.05) is 36.8 Å². The van der Waals surface area contributed by atoms with Crippen molar-refractivity contribution in [2.24, 2.45) is 0 Å². The van der Waals surface area contributed by atoms with Gasteiger partial charge in [-0.2, -0.15) is 0 Å². The van der Waals surface area contributed by atoms with E-state index >= 15 is 0 Å². The molecule has 138 valence electrons. The van der Waals surface area contributed by atoms with Gasteiger partial charge < -0.3 is 20.3 Å². The SMILES string of the molecule is O=C1Nc2ccccc2/C1=C1\OCc2cc(NCCN3CCCC3)ccc21. The summed E-state index contributed by atoms with van der Waals surface area (Å²) in [6, 6.07) is 14.0. The van der Waals surface area contributed by atoms with Crippen LogP contribution in [-0.4, -0.2) is 37.0 Å². The standard InChI is InChI=1S/C22H23N3O2/c26-22-20(18-5-1-2-6-19(18)24-22)21-17-8-7-16(13-15(17)14-27-21)23-9-12-25-10-3-4-11-25/h1-2,5-8,13,23H,3-4,9-12,14H2,(H,24,26)/b21-20+. The summed E-state index contributed by atoms with van der Waals surface area (Å²) in [5.41, 5.74) is 5.65. The van der Waals surface area contributed by atoms with Crippen LogP contribution >= 0.6 is 0 Å². The van der Waals surface area contributed by atoms with E-state index in [1.54, 1.807) is 0 Å². The highest BCUT2D eigenvalue weighted by molar-refractivity contribution is 6.36. The Kier molecular flexibility index (Phi) is 4.09. The van der Waals surface area contributed by atoms with E-state index in [1.807, 2.05) is 24.3 Å². The first kappa shape index (κ1) is 16.4. The fourth-order valence-electron chi connectivity index (χ4n) is 4.19. The second-order valence-electron chi connectivity index (χ2n) is 7.34. The molecule has 0 atom stereocenters. The summed E-state index contributed by atoms with van der Waals surface area (Å²) in [6.07, 6.45) is 2.65. The maximum atomic E-state index is 12.5. The smallest absolute Gasteiger partial charge is 0.260 e. The van der Waals surface area contributed by atoms with Crippen molar-refractivity contribution in [1.29, 1.82) is 0 Å². The van der Waals surface area contributed by atoms with E-state index in [2.05, 4.69) is 33.7 Å². The van der Waals surface area contributed by atoms with E-state index in [-0.39, 0.29) is 5.91 Å². The van der Waals surface area contributed by atoms with Gasteiger partial charge in [0.25, 0.3) is 5.91 Å². The summed E-state index contributed by atoms with van der Waals surface area (Å²) in [5.74, 6) is 0.600. The van der Waals surface area contributed by atoms with Gasteiger partial charge in [0.2, 0.25) is 0 Å². The van der Waals surface area contributed by atoms with Gasteiger partial charge >= 0.3 is 0 Å². The van der Waals surface area contributed by atoms with Crippen molar-refractivity contribution in [1.82, 2.24) is 4.90 Å². The second kappa shape index (κ2) is 6.74. The van der Waals surface area contributed by atoms with Gasteiger partial charge in [-0.15, -0.1) is 0 Å². The zero-order chi connectivity index (χ0) is 18.2. The average molecular weight is 361 g/mol. The minimum Gasteiger partial charge on any atom is -0.487 e. The largest absolute Gasteiger partial charge is 0.487 e. The Bertz CT molecular complexity index is 929. The number of hydrogen-bond donors (Lipinski definition) is 2. The normalized spacial score (nSPS) is 21.0. The first-order chi connectivity index (χ1) is 13.3. The van der Waals surface area contributed by atoms with Crippen LogP contribution in [0.3, 0.4) is 0 Å². The van der Waals surface area contributed by atoms with Crippen molar-refractivity contribution >= 4 is 28.6 Å². The minimum atomic E-state index is -0.0909. The summed E-state index contributed by atoms with van der Waals surface area (Å²) >= 11 is 0. The molecule has 1 amide bonds. The molecule has 5 heteroatoms. The topological polar surface area (TPSA) is 53.6 Å². The number of rotatable bonds is 4. The Balaban J connectivity index is 1.37. The number of amides is 1. The minimum absolute atomic E-state index is 0.0909. The third kappa shape index (κ3) is 2.98. The lowest BCUT2D eigenvalue weighted by Gasteiger charge is -2.15. The van der Waals surface area contributed by atoms with E-state index in [0.29, 0.717) is 17.9 Å². The molecule has 0 aromatic heterocycles. The molecule has 3 aliphatic heterocycles. The van der Waals surface area contributed by atoms with Crippen LogP contribution in [0.5, 0.6) is 0 Å². The number of carbonyl (C=O) groups excluding carboxylic acids is 1. The Morgan fingerprint density at radius 1 is 1.07 bits per heavy atom. The number of ether oxygens (including phenoxy) is 1. The highest BCUT2D eigenvalue weighted by atomic mass is 16.5. The van der Waals surface area contributed by atoms with Gasteiger partial charge in [-0.1, -0.05) is 18.2 Å². The Labute approximate surface area is 159 Å². The van der Waals surface area contributed by atoms with Gasteiger partial charge in [-0.25, -0.2) is 0 Å². The Morgan fingerprint density at radius 2 is 1.93 bits per heavy atom. The monoisotopic (exact) mass is 361 g/mol. The van der Waals surface area contributed by atoms with Crippen LogP contribution < -0.4 is 10.6 Å². The molecule has 0 saturated carbocycles. The molecule has 3 heterocycles. The van der Waals surface area contributed by atoms with Crippen LogP contribution in [0.4, 0.5) is 11.4 Å². The molecule has 0 spiro atoms. The lowest BCUT2D eigenvalue weighted by molar-refractivity contribution is -0.110. The van der Waals surface area contributed by atoms with Crippen LogP contribution in [0.2, 0.25) is 0 Å². The predicted octanol–water partition coefficient (Wildman–Crippen LogP) is 3.54. The van der Waals surface area contributed by atoms with Crippen LogP contribution in [0.15, 0.2) is 42.5 Å². The number of nitrogens with one attached hydrogen (secondary N) is 2. The number of para-hydroxylation sites is 1. The van der Waals surface area contributed by atoms with E-state index in [9.17, 15) is 4.79 Å². The third-order valence-electron chi connectivity index (χ3n) is 5.58. The molecule has 2 aromatic rings. The Morgan fingerprint density at radius 3 is 2.81 bits per heavy atom. The number of hydrogen-bond acceptors (Lipinski definition) is 4. The van der Waals surface area contributed by atoms with Gasteiger partial charge in [0.05, 0.1) is 5.57 Å². The van der Waals surface area contributed by atoms with Crippen molar-refractivity contribution in [3.05, 3.63) is 59.2 Å². The van der Waals surface area contributed by atoms with Crippen molar-refractivity contribution in [3.63, 3.8) is 0 Å². The molecule has 0 unspecified atom stereocenters. The zero-order valence-corrected chi connectivity index (χ0v) is 15.3.